The molecular weight excluding hydrogens is 345 g/mol. The quantitative estimate of drug-likeness (QED) is 0.721. The average Bonchev–Trinajstić information content (AvgIpc) is 2.82. The highest BCUT2D eigenvalue weighted by molar-refractivity contribution is 6.42. The Kier molecular flexibility index (Phi) is 4.59. The Morgan fingerprint density at radius 2 is 2.04 bits per heavy atom. The first-order valence-corrected chi connectivity index (χ1v) is 8.09. The van der Waals surface area contributed by atoms with Crippen molar-refractivity contribution in [3.8, 4) is 0 Å². The van der Waals surface area contributed by atoms with Gasteiger partial charge in [0.15, 0.2) is 0 Å². The topological polar surface area (TPSA) is 46.6 Å². The maximum Gasteiger partial charge on any atom is 0.421 e. The molecule has 0 saturated heterocycles. The first-order chi connectivity index (χ1) is 11.9. The van der Waals surface area contributed by atoms with Crippen LogP contribution >= 0.6 is 11.6 Å². The molecule has 0 saturated carbocycles. The molecule has 2 amide bonds. The van der Waals surface area contributed by atoms with Gasteiger partial charge in [0.25, 0.3) is 5.91 Å². The number of benzene rings is 2. The van der Waals surface area contributed by atoms with Crippen molar-refractivity contribution in [3.05, 3.63) is 63.9 Å². The Hall–Kier alpha value is -2.66. The predicted molar refractivity (Wildman–Crippen MR) is 95.0 cm³/mol. The van der Waals surface area contributed by atoms with Crippen molar-refractivity contribution in [2.75, 3.05) is 11.5 Å². The number of amides is 2. The lowest BCUT2D eigenvalue weighted by molar-refractivity contribution is -0.112. The van der Waals surface area contributed by atoms with E-state index in [1.165, 1.54) is 18.2 Å². The molecule has 1 aliphatic heterocycles. The predicted octanol–water partition coefficient (Wildman–Crippen LogP) is 4.83. The number of carbonyl (C=O) groups excluding carboxylic acids is 2. The van der Waals surface area contributed by atoms with Crippen LogP contribution < -0.4 is 4.90 Å². The summed E-state index contributed by atoms with van der Waals surface area (Å²) in [5.41, 5.74) is 2.57. The highest BCUT2D eigenvalue weighted by Gasteiger charge is 2.37. The maximum atomic E-state index is 13.6. The van der Waals surface area contributed by atoms with E-state index < -0.39 is 17.8 Å². The minimum atomic E-state index is -0.768. The first-order valence-electron chi connectivity index (χ1n) is 7.71. The Bertz CT molecular complexity index is 908. The number of fused-ring (bicyclic) bond motifs is 1. The third-order valence-corrected chi connectivity index (χ3v) is 4.15. The van der Waals surface area contributed by atoms with Gasteiger partial charge < -0.3 is 4.74 Å². The summed E-state index contributed by atoms with van der Waals surface area (Å²) in [6, 6.07) is 9.16. The number of ether oxygens (including phenoxy) is 1. The lowest BCUT2D eigenvalue weighted by Gasteiger charge is -2.14. The molecule has 1 heterocycles. The van der Waals surface area contributed by atoms with Gasteiger partial charge in [-0.25, -0.2) is 14.1 Å². The van der Waals surface area contributed by atoms with Gasteiger partial charge in [0.2, 0.25) is 0 Å². The van der Waals surface area contributed by atoms with E-state index in [1.54, 1.807) is 31.2 Å². The molecular formula is C19H15ClFNO3. The molecule has 0 fully saturated rings. The number of halogens is 2. The van der Waals surface area contributed by atoms with Gasteiger partial charge >= 0.3 is 6.09 Å². The highest BCUT2D eigenvalue weighted by Crippen LogP contribution is 2.40. The number of hydrogen-bond acceptors (Lipinski definition) is 3. The molecule has 0 aromatic heterocycles. The first kappa shape index (κ1) is 17.2. The van der Waals surface area contributed by atoms with Crippen LogP contribution in [0.3, 0.4) is 0 Å². The molecule has 0 atom stereocenters. The number of aryl methyl sites for hydroxylation is 1. The molecule has 2 aromatic rings. The minimum Gasteiger partial charge on any atom is -0.449 e. The van der Waals surface area contributed by atoms with E-state index >= 15 is 0 Å². The molecule has 1 aliphatic rings. The Balaban J connectivity index is 2.16. The van der Waals surface area contributed by atoms with E-state index in [0.29, 0.717) is 21.8 Å². The van der Waals surface area contributed by atoms with Crippen LogP contribution in [0.4, 0.5) is 14.9 Å². The van der Waals surface area contributed by atoms with Crippen LogP contribution in [0.25, 0.3) is 11.6 Å². The molecule has 0 unspecified atom stereocenters. The second-order valence-electron chi connectivity index (χ2n) is 5.56. The zero-order valence-electron chi connectivity index (χ0n) is 13.7. The van der Waals surface area contributed by atoms with Crippen molar-refractivity contribution >= 4 is 40.9 Å². The SMILES string of the molecule is CCOC(=O)N1C(=O)/C(=C/c2cc(F)ccc2C)c2ccc(Cl)cc21. The summed E-state index contributed by atoms with van der Waals surface area (Å²) >= 11 is 6.01. The van der Waals surface area contributed by atoms with Gasteiger partial charge in [0.05, 0.1) is 17.9 Å². The molecule has 0 aliphatic carbocycles. The van der Waals surface area contributed by atoms with E-state index in [9.17, 15) is 14.0 Å². The van der Waals surface area contributed by atoms with Crippen LogP contribution in [0, 0.1) is 12.7 Å². The van der Waals surface area contributed by atoms with Gasteiger partial charge in [0, 0.05) is 10.6 Å². The standard InChI is InChI=1S/C19H15ClFNO3/c1-3-25-19(24)22-17-10-13(20)5-7-15(17)16(18(22)23)9-12-8-14(21)6-4-11(12)2/h4-10H,3H2,1-2H3/b16-9+. The average molecular weight is 360 g/mol. The van der Waals surface area contributed by atoms with Crippen LogP contribution in [-0.4, -0.2) is 18.6 Å². The van der Waals surface area contributed by atoms with Gasteiger partial charge in [-0.1, -0.05) is 23.7 Å². The van der Waals surface area contributed by atoms with Gasteiger partial charge in [0.1, 0.15) is 5.82 Å². The van der Waals surface area contributed by atoms with Crippen LogP contribution in [0.5, 0.6) is 0 Å². The summed E-state index contributed by atoms with van der Waals surface area (Å²) in [7, 11) is 0. The van der Waals surface area contributed by atoms with Crippen molar-refractivity contribution in [2.45, 2.75) is 13.8 Å². The summed E-state index contributed by atoms with van der Waals surface area (Å²) in [6.07, 6.45) is 0.808. The number of carbonyl (C=O) groups is 2. The number of anilines is 1. The van der Waals surface area contributed by atoms with Crippen molar-refractivity contribution < 1.29 is 18.7 Å². The number of rotatable bonds is 2. The van der Waals surface area contributed by atoms with Gasteiger partial charge in [-0.2, -0.15) is 0 Å². The summed E-state index contributed by atoms with van der Waals surface area (Å²) in [4.78, 5) is 26.0. The molecule has 0 N–H and O–H groups in total. The number of imide groups is 1. The van der Waals surface area contributed by atoms with Gasteiger partial charge in [-0.15, -0.1) is 0 Å². The van der Waals surface area contributed by atoms with E-state index in [-0.39, 0.29) is 12.2 Å². The number of nitrogens with zero attached hydrogens (tertiary/aromatic N) is 1. The Morgan fingerprint density at radius 3 is 2.76 bits per heavy atom. The van der Waals surface area contributed by atoms with Crippen LogP contribution in [-0.2, 0) is 9.53 Å². The summed E-state index contributed by atoms with van der Waals surface area (Å²) in [5.74, 6) is -0.930. The Labute approximate surface area is 149 Å². The maximum absolute atomic E-state index is 13.6. The van der Waals surface area contributed by atoms with E-state index in [0.717, 1.165) is 10.5 Å². The van der Waals surface area contributed by atoms with E-state index in [1.807, 2.05) is 6.92 Å². The summed E-state index contributed by atoms with van der Waals surface area (Å²) in [5, 5.41) is 0.393. The van der Waals surface area contributed by atoms with Crippen LogP contribution in [0.1, 0.15) is 23.6 Å². The molecule has 0 spiro atoms. The van der Waals surface area contributed by atoms with E-state index in [4.69, 9.17) is 16.3 Å². The van der Waals surface area contributed by atoms with Crippen molar-refractivity contribution in [3.63, 3.8) is 0 Å². The summed E-state index contributed by atoms with van der Waals surface area (Å²) in [6.45, 7) is 3.61. The smallest absolute Gasteiger partial charge is 0.421 e. The fourth-order valence-electron chi connectivity index (χ4n) is 2.69. The fraction of sp³-hybridized carbons (Fsp3) is 0.158. The third kappa shape index (κ3) is 3.15. The monoisotopic (exact) mass is 359 g/mol. The highest BCUT2D eigenvalue weighted by atomic mass is 35.5. The molecule has 2 aromatic carbocycles. The van der Waals surface area contributed by atoms with Crippen molar-refractivity contribution in [1.82, 2.24) is 0 Å². The van der Waals surface area contributed by atoms with Crippen LogP contribution in [0.2, 0.25) is 5.02 Å². The second-order valence-corrected chi connectivity index (χ2v) is 6.00. The van der Waals surface area contributed by atoms with E-state index in [2.05, 4.69) is 0 Å². The fourth-order valence-corrected chi connectivity index (χ4v) is 2.86. The second kappa shape index (κ2) is 6.69. The molecule has 0 bridgehead atoms. The summed E-state index contributed by atoms with van der Waals surface area (Å²) < 4.78 is 18.5. The molecule has 128 valence electrons. The normalized spacial score (nSPS) is 14.8. The largest absolute Gasteiger partial charge is 0.449 e. The molecule has 4 nitrogen and oxygen atoms in total. The zero-order chi connectivity index (χ0) is 18.1. The zero-order valence-corrected chi connectivity index (χ0v) is 14.4. The Morgan fingerprint density at radius 1 is 1.28 bits per heavy atom. The lowest BCUT2D eigenvalue weighted by Crippen LogP contribution is -2.34. The minimum absolute atomic E-state index is 0.139. The van der Waals surface area contributed by atoms with Crippen LogP contribution in [0.15, 0.2) is 36.4 Å². The third-order valence-electron chi connectivity index (χ3n) is 3.92. The van der Waals surface area contributed by atoms with Crippen molar-refractivity contribution in [1.29, 1.82) is 0 Å². The van der Waals surface area contributed by atoms with Gasteiger partial charge in [-0.3, -0.25) is 4.79 Å². The lowest BCUT2D eigenvalue weighted by atomic mass is 10.0. The molecule has 3 rings (SSSR count). The molecule has 25 heavy (non-hydrogen) atoms. The molecule has 6 heteroatoms. The van der Waals surface area contributed by atoms with Gasteiger partial charge in [-0.05, 0) is 55.3 Å². The van der Waals surface area contributed by atoms with Crippen molar-refractivity contribution in [2.24, 2.45) is 0 Å². The molecule has 0 radical (unpaired) electrons. The number of hydrogen-bond donors (Lipinski definition) is 0.